The van der Waals surface area contributed by atoms with E-state index in [4.69, 9.17) is 0 Å². The number of nitrogens with zero attached hydrogens (tertiary/aromatic N) is 1. The Bertz CT molecular complexity index is 639. The molecule has 1 amide bonds. The van der Waals surface area contributed by atoms with E-state index in [1.807, 2.05) is 28.8 Å². The highest BCUT2D eigenvalue weighted by molar-refractivity contribution is 5.98. The van der Waals surface area contributed by atoms with Crippen molar-refractivity contribution >= 4 is 23.1 Å². The summed E-state index contributed by atoms with van der Waals surface area (Å²) in [6.45, 7) is 0.269. The van der Waals surface area contributed by atoms with E-state index < -0.39 is 0 Å². The molecule has 1 aliphatic carbocycles. The molecule has 0 unspecified atom stereocenters. The van der Waals surface area contributed by atoms with Crippen LogP contribution >= 0.6 is 0 Å². The van der Waals surface area contributed by atoms with Crippen molar-refractivity contribution in [1.82, 2.24) is 9.88 Å². The molecule has 20 heavy (non-hydrogen) atoms. The smallest absolute Gasteiger partial charge is 0.240 e. The molecule has 1 N–H and O–H groups in total. The first-order valence-electron chi connectivity index (χ1n) is 7.10. The van der Waals surface area contributed by atoms with E-state index in [1.165, 1.54) is 12.8 Å². The maximum absolute atomic E-state index is 12.1. The number of rotatable bonds is 4. The molecule has 0 saturated heterocycles. The molecule has 0 aliphatic heterocycles. The summed E-state index contributed by atoms with van der Waals surface area (Å²) in [6, 6.07) is 7.99. The van der Waals surface area contributed by atoms with Gasteiger partial charge in [-0.25, -0.2) is 0 Å². The van der Waals surface area contributed by atoms with Crippen LogP contribution in [0.2, 0.25) is 0 Å². The molecule has 0 spiro atoms. The van der Waals surface area contributed by atoms with Crippen LogP contribution in [0.5, 0.6) is 0 Å². The Balaban J connectivity index is 1.79. The van der Waals surface area contributed by atoms with Crippen LogP contribution in [0.1, 0.15) is 36.0 Å². The molecule has 1 saturated carbocycles. The van der Waals surface area contributed by atoms with E-state index in [2.05, 4.69) is 5.32 Å². The summed E-state index contributed by atoms with van der Waals surface area (Å²) < 4.78 is 1.85. The van der Waals surface area contributed by atoms with Gasteiger partial charge in [-0.1, -0.05) is 31.0 Å². The molecule has 0 bridgehead atoms. The summed E-state index contributed by atoms with van der Waals surface area (Å²) in [4.78, 5) is 23.2. The van der Waals surface area contributed by atoms with E-state index in [0.29, 0.717) is 11.6 Å². The van der Waals surface area contributed by atoms with Gasteiger partial charge in [-0.2, -0.15) is 0 Å². The van der Waals surface area contributed by atoms with Crippen molar-refractivity contribution in [2.45, 2.75) is 38.3 Å². The number of amides is 1. The van der Waals surface area contributed by atoms with Crippen molar-refractivity contribution < 1.29 is 9.59 Å². The van der Waals surface area contributed by atoms with Crippen LogP contribution in [-0.4, -0.2) is 22.8 Å². The molecule has 1 fully saturated rings. The molecule has 1 heterocycles. The third-order valence-corrected chi connectivity index (χ3v) is 3.98. The van der Waals surface area contributed by atoms with Gasteiger partial charge in [0.25, 0.3) is 0 Å². The Hall–Kier alpha value is -2.10. The summed E-state index contributed by atoms with van der Waals surface area (Å²) in [7, 11) is 0. The average Bonchev–Trinajstić information content (AvgIpc) is 3.07. The maximum Gasteiger partial charge on any atom is 0.240 e. The van der Waals surface area contributed by atoms with Gasteiger partial charge in [0.1, 0.15) is 6.54 Å². The van der Waals surface area contributed by atoms with Gasteiger partial charge in [0, 0.05) is 28.7 Å². The lowest BCUT2D eigenvalue weighted by Gasteiger charge is -2.12. The van der Waals surface area contributed by atoms with Crippen molar-refractivity contribution in [3.63, 3.8) is 0 Å². The van der Waals surface area contributed by atoms with Crippen LogP contribution in [0.3, 0.4) is 0 Å². The lowest BCUT2D eigenvalue weighted by molar-refractivity contribution is -0.122. The molecule has 1 aromatic heterocycles. The quantitative estimate of drug-likeness (QED) is 0.868. The van der Waals surface area contributed by atoms with E-state index in [-0.39, 0.29) is 12.5 Å². The van der Waals surface area contributed by atoms with Gasteiger partial charge in [0.15, 0.2) is 6.29 Å². The Morgan fingerprint density at radius 3 is 2.80 bits per heavy atom. The Kier molecular flexibility index (Phi) is 3.54. The first-order chi connectivity index (χ1) is 9.78. The normalized spacial score (nSPS) is 15.6. The fourth-order valence-corrected chi connectivity index (χ4v) is 3.00. The molecule has 1 aliphatic rings. The number of fused-ring (bicyclic) bond motifs is 1. The van der Waals surface area contributed by atoms with E-state index >= 15 is 0 Å². The zero-order chi connectivity index (χ0) is 13.9. The van der Waals surface area contributed by atoms with Gasteiger partial charge < -0.3 is 9.88 Å². The monoisotopic (exact) mass is 270 g/mol. The van der Waals surface area contributed by atoms with Crippen molar-refractivity contribution in [2.75, 3.05) is 0 Å². The minimum absolute atomic E-state index is 0.0232. The van der Waals surface area contributed by atoms with Crippen LogP contribution in [-0.2, 0) is 11.3 Å². The Morgan fingerprint density at radius 2 is 2.05 bits per heavy atom. The second-order valence-electron chi connectivity index (χ2n) is 5.40. The zero-order valence-corrected chi connectivity index (χ0v) is 11.3. The van der Waals surface area contributed by atoms with Crippen molar-refractivity contribution in [3.05, 3.63) is 36.0 Å². The number of nitrogens with one attached hydrogen (secondary N) is 1. The largest absolute Gasteiger partial charge is 0.352 e. The SMILES string of the molecule is O=Cc1cn(CC(=O)NC2CCCC2)c2ccccc12. The fraction of sp³-hybridized carbons (Fsp3) is 0.375. The third-order valence-electron chi connectivity index (χ3n) is 3.98. The summed E-state index contributed by atoms with van der Waals surface area (Å²) in [6.07, 6.45) is 7.16. The number of aromatic nitrogens is 1. The Labute approximate surface area is 117 Å². The average molecular weight is 270 g/mol. The van der Waals surface area contributed by atoms with E-state index in [9.17, 15) is 9.59 Å². The summed E-state index contributed by atoms with van der Waals surface area (Å²) >= 11 is 0. The van der Waals surface area contributed by atoms with Crippen molar-refractivity contribution in [1.29, 1.82) is 0 Å². The molecule has 0 atom stereocenters. The van der Waals surface area contributed by atoms with Crippen LogP contribution in [0.15, 0.2) is 30.5 Å². The summed E-state index contributed by atoms with van der Waals surface area (Å²) in [5, 5.41) is 3.97. The summed E-state index contributed by atoms with van der Waals surface area (Å²) in [5.41, 5.74) is 1.56. The second-order valence-corrected chi connectivity index (χ2v) is 5.40. The highest BCUT2D eigenvalue weighted by atomic mass is 16.2. The maximum atomic E-state index is 12.1. The number of benzene rings is 1. The number of hydrogen-bond acceptors (Lipinski definition) is 2. The molecular weight excluding hydrogens is 252 g/mol. The standard InChI is InChI=1S/C16H18N2O2/c19-11-12-9-18(15-8-4-3-7-14(12)15)10-16(20)17-13-5-1-2-6-13/h3-4,7-9,11,13H,1-2,5-6,10H2,(H,17,20). The third kappa shape index (κ3) is 2.46. The molecule has 1 aromatic carbocycles. The molecule has 104 valence electrons. The predicted octanol–water partition coefficient (Wildman–Crippen LogP) is 2.51. The van der Waals surface area contributed by atoms with Gasteiger partial charge in [0.05, 0.1) is 0 Å². The molecule has 2 aromatic rings. The Morgan fingerprint density at radius 1 is 1.30 bits per heavy atom. The molecule has 0 radical (unpaired) electrons. The minimum atomic E-state index is 0.0232. The first kappa shape index (κ1) is 12.9. The van der Waals surface area contributed by atoms with Crippen molar-refractivity contribution in [2.24, 2.45) is 0 Å². The molecule has 4 heteroatoms. The zero-order valence-electron chi connectivity index (χ0n) is 11.3. The number of para-hydroxylation sites is 1. The number of carbonyl (C=O) groups excluding carboxylic acids is 2. The highest BCUT2D eigenvalue weighted by Crippen LogP contribution is 2.20. The van der Waals surface area contributed by atoms with Gasteiger partial charge >= 0.3 is 0 Å². The number of carbonyl (C=O) groups is 2. The lowest BCUT2D eigenvalue weighted by Crippen LogP contribution is -2.35. The lowest BCUT2D eigenvalue weighted by atomic mass is 10.2. The molecule has 4 nitrogen and oxygen atoms in total. The molecular formula is C16H18N2O2. The van der Waals surface area contributed by atoms with Gasteiger partial charge in [0.2, 0.25) is 5.91 Å². The van der Waals surface area contributed by atoms with Crippen LogP contribution < -0.4 is 5.32 Å². The van der Waals surface area contributed by atoms with Crippen LogP contribution in [0.25, 0.3) is 10.9 Å². The van der Waals surface area contributed by atoms with Gasteiger partial charge in [-0.05, 0) is 18.9 Å². The number of hydrogen-bond donors (Lipinski definition) is 1. The predicted molar refractivity (Wildman–Crippen MR) is 77.7 cm³/mol. The summed E-state index contributed by atoms with van der Waals surface area (Å²) in [5.74, 6) is 0.0232. The van der Waals surface area contributed by atoms with E-state index in [0.717, 1.165) is 30.0 Å². The van der Waals surface area contributed by atoms with E-state index in [1.54, 1.807) is 6.20 Å². The second kappa shape index (κ2) is 5.49. The van der Waals surface area contributed by atoms with Crippen LogP contribution in [0, 0.1) is 0 Å². The first-order valence-corrected chi connectivity index (χ1v) is 7.10. The highest BCUT2D eigenvalue weighted by Gasteiger charge is 2.18. The topological polar surface area (TPSA) is 51.1 Å². The van der Waals surface area contributed by atoms with Crippen molar-refractivity contribution in [3.8, 4) is 0 Å². The van der Waals surface area contributed by atoms with Crippen LogP contribution in [0.4, 0.5) is 0 Å². The number of aldehydes is 1. The fourth-order valence-electron chi connectivity index (χ4n) is 3.00. The minimum Gasteiger partial charge on any atom is -0.352 e. The van der Waals surface area contributed by atoms with Gasteiger partial charge in [-0.3, -0.25) is 9.59 Å². The van der Waals surface area contributed by atoms with Gasteiger partial charge in [-0.15, -0.1) is 0 Å². The molecule has 3 rings (SSSR count).